The molecule has 24 heavy (non-hydrogen) atoms. The summed E-state index contributed by atoms with van der Waals surface area (Å²) >= 11 is 0. The SMILES string of the molecule is CC(C)(C)c1ccc(OCCNCC2CCCO2)c(C(C)(C)C)c1. The maximum atomic E-state index is 6.09. The van der Waals surface area contributed by atoms with Crippen LogP contribution in [-0.2, 0) is 15.6 Å². The van der Waals surface area contributed by atoms with Crippen molar-refractivity contribution in [2.24, 2.45) is 0 Å². The van der Waals surface area contributed by atoms with Crippen LogP contribution in [0.2, 0.25) is 0 Å². The number of hydrogen-bond donors (Lipinski definition) is 1. The first-order chi connectivity index (χ1) is 11.2. The summed E-state index contributed by atoms with van der Waals surface area (Å²) < 4.78 is 11.7. The predicted molar refractivity (Wildman–Crippen MR) is 101 cm³/mol. The van der Waals surface area contributed by atoms with Gasteiger partial charge < -0.3 is 14.8 Å². The molecule has 136 valence electrons. The van der Waals surface area contributed by atoms with Gasteiger partial charge in [-0.3, -0.25) is 0 Å². The second-order valence-corrected chi connectivity index (χ2v) is 8.90. The van der Waals surface area contributed by atoms with Crippen LogP contribution in [0.3, 0.4) is 0 Å². The maximum absolute atomic E-state index is 6.09. The molecule has 0 aromatic heterocycles. The molecule has 1 atom stereocenters. The van der Waals surface area contributed by atoms with Crippen LogP contribution in [0, 0.1) is 0 Å². The van der Waals surface area contributed by atoms with E-state index in [1.165, 1.54) is 24.0 Å². The van der Waals surface area contributed by atoms with Crippen molar-refractivity contribution in [3.8, 4) is 5.75 Å². The van der Waals surface area contributed by atoms with Crippen molar-refractivity contribution in [3.05, 3.63) is 29.3 Å². The van der Waals surface area contributed by atoms with Gasteiger partial charge in [-0.15, -0.1) is 0 Å². The van der Waals surface area contributed by atoms with Gasteiger partial charge in [0.15, 0.2) is 0 Å². The molecule has 0 bridgehead atoms. The van der Waals surface area contributed by atoms with Crippen molar-refractivity contribution in [2.75, 3.05) is 26.3 Å². The summed E-state index contributed by atoms with van der Waals surface area (Å²) in [5, 5.41) is 3.44. The van der Waals surface area contributed by atoms with E-state index in [9.17, 15) is 0 Å². The highest BCUT2D eigenvalue weighted by Crippen LogP contribution is 2.35. The molecular weight excluding hydrogens is 298 g/mol. The Balaban J connectivity index is 1.93. The molecule has 1 aromatic carbocycles. The second-order valence-electron chi connectivity index (χ2n) is 8.90. The van der Waals surface area contributed by atoms with Crippen LogP contribution in [0.15, 0.2) is 18.2 Å². The number of rotatable bonds is 6. The van der Waals surface area contributed by atoms with Crippen LogP contribution in [0.5, 0.6) is 5.75 Å². The molecule has 2 rings (SSSR count). The van der Waals surface area contributed by atoms with E-state index in [0.717, 1.165) is 25.4 Å². The zero-order chi connectivity index (χ0) is 17.8. The fourth-order valence-electron chi connectivity index (χ4n) is 3.01. The zero-order valence-corrected chi connectivity index (χ0v) is 16.4. The van der Waals surface area contributed by atoms with Crippen LogP contribution in [-0.4, -0.2) is 32.4 Å². The van der Waals surface area contributed by atoms with Crippen LogP contribution < -0.4 is 10.1 Å². The number of ether oxygens (including phenoxy) is 2. The normalized spacial score (nSPS) is 18.8. The lowest BCUT2D eigenvalue weighted by Crippen LogP contribution is -2.30. The molecule has 1 aliphatic heterocycles. The van der Waals surface area contributed by atoms with E-state index in [1.54, 1.807) is 0 Å². The minimum atomic E-state index is 0.0711. The van der Waals surface area contributed by atoms with Gasteiger partial charge in [-0.05, 0) is 40.9 Å². The van der Waals surface area contributed by atoms with Crippen molar-refractivity contribution in [1.29, 1.82) is 0 Å². The van der Waals surface area contributed by atoms with Crippen molar-refractivity contribution in [3.63, 3.8) is 0 Å². The van der Waals surface area contributed by atoms with Gasteiger partial charge in [-0.1, -0.05) is 53.7 Å². The smallest absolute Gasteiger partial charge is 0.123 e. The molecule has 1 heterocycles. The predicted octanol–water partition coefficient (Wildman–Crippen LogP) is 4.43. The first kappa shape index (κ1) is 19.3. The van der Waals surface area contributed by atoms with E-state index in [1.807, 2.05) is 0 Å². The molecule has 1 saturated heterocycles. The van der Waals surface area contributed by atoms with Crippen LogP contribution in [0.1, 0.15) is 65.5 Å². The lowest BCUT2D eigenvalue weighted by Gasteiger charge is -2.27. The summed E-state index contributed by atoms with van der Waals surface area (Å²) in [6.07, 6.45) is 2.76. The summed E-state index contributed by atoms with van der Waals surface area (Å²) in [5.74, 6) is 1.01. The third kappa shape index (κ3) is 5.49. The summed E-state index contributed by atoms with van der Waals surface area (Å²) in [6.45, 7) is 16.9. The highest BCUT2D eigenvalue weighted by Gasteiger charge is 2.23. The van der Waals surface area contributed by atoms with Crippen molar-refractivity contribution in [1.82, 2.24) is 5.32 Å². The molecule has 0 amide bonds. The summed E-state index contributed by atoms with van der Waals surface area (Å²) in [4.78, 5) is 0. The van der Waals surface area contributed by atoms with Gasteiger partial charge in [0.05, 0.1) is 6.10 Å². The molecule has 0 radical (unpaired) electrons. The summed E-state index contributed by atoms with van der Waals surface area (Å²) in [6, 6.07) is 6.65. The highest BCUT2D eigenvalue weighted by molar-refractivity contribution is 5.43. The first-order valence-corrected chi connectivity index (χ1v) is 9.28. The Kier molecular flexibility index (Phi) is 6.33. The van der Waals surface area contributed by atoms with E-state index in [0.29, 0.717) is 12.7 Å². The molecule has 1 unspecified atom stereocenters. The van der Waals surface area contributed by atoms with Gasteiger partial charge in [0, 0.05) is 19.7 Å². The lowest BCUT2D eigenvalue weighted by molar-refractivity contribution is 0.109. The quantitative estimate of drug-likeness (QED) is 0.781. The third-order valence-corrected chi connectivity index (χ3v) is 4.59. The van der Waals surface area contributed by atoms with Gasteiger partial charge in [-0.25, -0.2) is 0 Å². The molecule has 3 heteroatoms. The fraction of sp³-hybridized carbons (Fsp3) is 0.714. The Hall–Kier alpha value is -1.06. The fourth-order valence-corrected chi connectivity index (χ4v) is 3.01. The average Bonchev–Trinajstić information content (AvgIpc) is 2.98. The summed E-state index contributed by atoms with van der Waals surface area (Å²) in [5.41, 5.74) is 2.87. The Labute approximate surface area is 148 Å². The van der Waals surface area contributed by atoms with Gasteiger partial charge in [-0.2, -0.15) is 0 Å². The molecule has 1 aromatic rings. The number of hydrogen-bond acceptors (Lipinski definition) is 3. The number of nitrogens with one attached hydrogen (secondary N) is 1. The molecular formula is C21H35NO2. The maximum Gasteiger partial charge on any atom is 0.123 e. The molecule has 0 saturated carbocycles. The van der Waals surface area contributed by atoms with Gasteiger partial charge >= 0.3 is 0 Å². The molecule has 1 N–H and O–H groups in total. The topological polar surface area (TPSA) is 30.5 Å². The van der Waals surface area contributed by atoms with Crippen molar-refractivity contribution >= 4 is 0 Å². The number of benzene rings is 1. The van der Waals surface area contributed by atoms with E-state index in [4.69, 9.17) is 9.47 Å². The van der Waals surface area contributed by atoms with Gasteiger partial charge in [0.2, 0.25) is 0 Å². The van der Waals surface area contributed by atoms with Gasteiger partial charge in [0.25, 0.3) is 0 Å². The van der Waals surface area contributed by atoms with Gasteiger partial charge in [0.1, 0.15) is 12.4 Å². The highest BCUT2D eigenvalue weighted by atomic mass is 16.5. The molecule has 0 aliphatic carbocycles. The Morgan fingerprint density at radius 2 is 1.88 bits per heavy atom. The first-order valence-electron chi connectivity index (χ1n) is 9.28. The standard InChI is InChI=1S/C21H35NO2/c1-20(2,3)16-9-10-19(18(14-16)21(4,5)6)24-13-11-22-15-17-8-7-12-23-17/h9-10,14,17,22H,7-8,11-13,15H2,1-6H3. The molecule has 1 fully saturated rings. The van der Waals surface area contributed by atoms with Crippen LogP contribution in [0.4, 0.5) is 0 Å². The Morgan fingerprint density at radius 1 is 1.12 bits per heavy atom. The average molecular weight is 334 g/mol. The minimum Gasteiger partial charge on any atom is -0.492 e. The zero-order valence-electron chi connectivity index (χ0n) is 16.4. The monoisotopic (exact) mass is 333 g/mol. The van der Waals surface area contributed by atoms with Crippen LogP contribution >= 0.6 is 0 Å². The Bertz CT molecular complexity index is 520. The third-order valence-electron chi connectivity index (χ3n) is 4.59. The van der Waals surface area contributed by atoms with E-state index < -0.39 is 0 Å². The van der Waals surface area contributed by atoms with E-state index in [2.05, 4.69) is 65.1 Å². The minimum absolute atomic E-state index is 0.0711. The second kappa shape index (κ2) is 7.88. The molecule has 3 nitrogen and oxygen atoms in total. The van der Waals surface area contributed by atoms with E-state index >= 15 is 0 Å². The van der Waals surface area contributed by atoms with Crippen LogP contribution in [0.25, 0.3) is 0 Å². The van der Waals surface area contributed by atoms with E-state index in [-0.39, 0.29) is 10.8 Å². The lowest BCUT2D eigenvalue weighted by atomic mass is 9.80. The molecule has 1 aliphatic rings. The largest absolute Gasteiger partial charge is 0.492 e. The molecule has 0 spiro atoms. The van der Waals surface area contributed by atoms with Crippen molar-refractivity contribution in [2.45, 2.75) is 71.3 Å². The van der Waals surface area contributed by atoms with Crippen molar-refractivity contribution < 1.29 is 9.47 Å². The summed E-state index contributed by atoms with van der Waals surface area (Å²) in [7, 11) is 0. The Morgan fingerprint density at radius 3 is 2.46 bits per heavy atom.